The summed E-state index contributed by atoms with van der Waals surface area (Å²) in [5, 5.41) is 0.511. The first-order valence-electron chi connectivity index (χ1n) is 5.13. The van der Waals surface area contributed by atoms with Gasteiger partial charge in [0.05, 0.1) is 0 Å². The Morgan fingerprint density at radius 3 is 2.81 bits per heavy atom. The number of nitrogens with zero attached hydrogens (tertiary/aromatic N) is 1. The van der Waals surface area contributed by atoms with Gasteiger partial charge in [-0.05, 0) is 36.9 Å². The number of rotatable bonds is 3. The summed E-state index contributed by atoms with van der Waals surface area (Å²) < 4.78 is 14.5. The van der Waals surface area contributed by atoms with E-state index in [-0.39, 0.29) is 0 Å². The molecule has 1 N–H and O–H groups in total. The van der Waals surface area contributed by atoms with E-state index in [2.05, 4.69) is 9.71 Å². The van der Waals surface area contributed by atoms with Gasteiger partial charge in [0.1, 0.15) is 5.15 Å². The van der Waals surface area contributed by atoms with Gasteiger partial charge in [0.2, 0.25) is 0 Å². The van der Waals surface area contributed by atoms with Crippen LogP contribution in [0.2, 0.25) is 5.15 Å². The van der Waals surface area contributed by atoms with E-state index in [0.717, 1.165) is 29.2 Å². The molecule has 1 aromatic heterocycles. The molecule has 0 radical (unpaired) electrons. The van der Waals surface area contributed by atoms with Crippen LogP contribution in [-0.2, 0) is 10.8 Å². The van der Waals surface area contributed by atoms with Crippen molar-refractivity contribution in [3.63, 3.8) is 0 Å². The Morgan fingerprint density at radius 2 is 2.19 bits per heavy atom. The molecule has 1 fully saturated rings. The highest BCUT2D eigenvalue weighted by Gasteiger charge is 2.17. The summed E-state index contributed by atoms with van der Waals surface area (Å²) in [6.07, 6.45) is 3.72. The van der Waals surface area contributed by atoms with E-state index < -0.39 is 10.8 Å². The molecule has 0 bridgehead atoms. The van der Waals surface area contributed by atoms with Crippen LogP contribution in [0.1, 0.15) is 12.8 Å². The first kappa shape index (κ1) is 12.4. The van der Waals surface area contributed by atoms with Crippen molar-refractivity contribution in [3.8, 4) is 0 Å². The number of nitrogens with one attached hydrogen (secondary N) is 1. The Bertz CT molecular complexity index is 362. The SMILES string of the molecule is O=S1CCC(NSc2ccc(Cl)nc2)CC1. The summed E-state index contributed by atoms with van der Waals surface area (Å²) in [5.74, 6) is 1.63. The second kappa shape index (κ2) is 6.00. The van der Waals surface area contributed by atoms with Crippen LogP contribution in [0, 0.1) is 0 Å². The zero-order valence-corrected chi connectivity index (χ0v) is 11.1. The molecule has 0 atom stereocenters. The minimum absolute atomic E-state index is 0.457. The molecule has 0 unspecified atom stereocenters. The fourth-order valence-electron chi connectivity index (χ4n) is 1.49. The van der Waals surface area contributed by atoms with Gasteiger partial charge in [-0.1, -0.05) is 11.6 Å². The van der Waals surface area contributed by atoms with Gasteiger partial charge in [-0.15, -0.1) is 0 Å². The van der Waals surface area contributed by atoms with Crippen molar-refractivity contribution < 1.29 is 4.21 Å². The van der Waals surface area contributed by atoms with E-state index in [1.54, 1.807) is 24.2 Å². The normalized spacial score (nSPS) is 25.6. The van der Waals surface area contributed by atoms with Gasteiger partial charge in [-0.3, -0.25) is 8.93 Å². The second-order valence-electron chi connectivity index (χ2n) is 3.66. The summed E-state index contributed by atoms with van der Waals surface area (Å²) in [5.41, 5.74) is 0. The minimum Gasteiger partial charge on any atom is -0.260 e. The highest BCUT2D eigenvalue weighted by atomic mass is 35.5. The Hall–Kier alpha value is -0.100. The Balaban J connectivity index is 1.79. The standard InChI is InChI=1S/C10H13ClN2OS2/c11-10-2-1-9(7-12-10)15-13-8-3-5-16(14)6-4-8/h1-2,7-8,13H,3-6H2. The van der Waals surface area contributed by atoms with Gasteiger partial charge in [0.25, 0.3) is 0 Å². The van der Waals surface area contributed by atoms with Crippen molar-refractivity contribution in [1.29, 1.82) is 0 Å². The van der Waals surface area contributed by atoms with Gasteiger partial charge >= 0.3 is 0 Å². The number of aromatic nitrogens is 1. The van der Waals surface area contributed by atoms with Gasteiger partial charge in [0, 0.05) is 39.4 Å². The molecule has 16 heavy (non-hydrogen) atoms. The molecule has 3 nitrogen and oxygen atoms in total. The minimum atomic E-state index is -0.591. The van der Waals surface area contributed by atoms with Crippen LogP contribution < -0.4 is 4.72 Å². The van der Waals surface area contributed by atoms with Gasteiger partial charge in [0.15, 0.2) is 0 Å². The van der Waals surface area contributed by atoms with Crippen LogP contribution in [0.25, 0.3) is 0 Å². The lowest BCUT2D eigenvalue weighted by atomic mass is 10.2. The van der Waals surface area contributed by atoms with Crippen LogP contribution in [0.3, 0.4) is 0 Å². The van der Waals surface area contributed by atoms with Crippen molar-refractivity contribution in [2.45, 2.75) is 23.8 Å². The summed E-state index contributed by atoms with van der Waals surface area (Å²) in [4.78, 5) is 5.06. The van der Waals surface area contributed by atoms with E-state index in [0.29, 0.717) is 11.2 Å². The zero-order valence-electron chi connectivity index (χ0n) is 8.69. The molecule has 2 rings (SSSR count). The molecule has 1 aromatic rings. The first-order chi connectivity index (χ1) is 7.74. The molecule has 6 heteroatoms. The number of halogens is 1. The molecule has 1 aliphatic rings. The summed E-state index contributed by atoms with van der Waals surface area (Å²) >= 11 is 7.27. The third-order valence-corrected chi connectivity index (χ3v) is 4.97. The molecule has 2 heterocycles. The smallest absolute Gasteiger partial charge is 0.129 e. The van der Waals surface area contributed by atoms with E-state index >= 15 is 0 Å². The predicted molar refractivity (Wildman–Crippen MR) is 69.1 cm³/mol. The second-order valence-corrected chi connectivity index (χ2v) is 6.65. The van der Waals surface area contributed by atoms with Crippen LogP contribution in [-0.4, -0.2) is 26.7 Å². The summed E-state index contributed by atoms with van der Waals surface area (Å²) in [6.45, 7) is 0. The van der Waals surface area contributed by atoms with E-state index in [1.165, 1.54) is 0 Å². The van der Waals surface area contributed by atoms with Gasteiger partial charge in [-0.2, -0.15) is 0 Å². The number of hydrogen-bond donors (Lipinski definition) is 1. The summed E-state index contributed by atoms with van der Waals surface area (Å²) in [6, 6.07) is 4.17. The topological polar surface area (TPSA) is 42.0 Å². The molecule has 0 aromatic carbocycles. The monoisotopic (exact) mass is 276 g/mol. The van der Waals surface area contributed by atoms with Crippen molar-refractivity contribution in [1.82, 2.24) is 9.71 Å². The van der Waals surface area contributed by atoms with Gasteiger partial charge < -0.3 is 0 Å². The van der Waals surface area contributed by atoms with E-state index in [4.69, 9.17) is 11.6 Å². The number of pyridine rings is 1. The largest absolute Gasteiger partial charge is 0.260 e. The zero-order chi connectivity index (χ0) is 11.4. The van der Waals surface area contributed by atoms with E-state index in [9.17, 15) is 4.21 Å². The Kier molecular flexibility index (Phi) is 4.64. The molecular formula is C10H13ClN2OS2. The van der Waals surface area contributed by atoms with Gasteiger partial charge in [-0.25, -0.2) is 4.98 Å². The van der Waals surface area contributed by atoms with E-state index in [1.807, 2.05) is 6.07 Å². The molecule has 1 aliphatic heterocycles. The first-order valence-corrected chi connectivity index (χ1v) is 7.81. The Morgan fingerprint density at radius 1 is 1.44 bits per heavy atom. The van der Waals surface area contributed by atoms with Crippen LogP contribution in [0.15, 0.2) is 23.2 Å². The molecule has 88 valence electrons. The molecule has 0 spiro atoms. The maximum atomic E-state index is 11.2. The average molecular weight is 277 g/mol. The van der Waals surface area contributed by atoms with Crippen LogP contribution in [0.4, 0.5) is 0 Å². The van der Waals surface area contributed by atoms with Crippen LogP contribution >= 0.6 is 23.5 Å². The molecule has 0 aliphatic carbocycles. The van der Waals surface area contributed by atoms with Crippen molar-refractivity contribution in [3.05, 3.63) is 23.5 Å². The molecule has 1 saturated heterocycles. The lowest BCUT2D eigenvalue weighted by Crippen LogP contribution is -2.31. The predicted octanol–water partition coefficient (Wildman–Crippen LogP) is 2.24. The maximum Gasteiger partial charge on any atom is 0.129 e. The van der Waals surface area contributed by atoms with Crippen LogP contribution in [0.5, 0.6) is 0 Å². The quantitative estimate of drug-likeness (QED) is 0.679. The highest BCUT2D eigenvalue weighted by Crippen LogP contribution is 2.19. The van der Waals surface area contributed by atoms with Crippen molar-refractivity contribution in [2.24, 2.45) is 0 Å². The maximum absolute atomic E-state index is 11.2. The lowest BCUT2D eigenvalue weighted by molar-refractivity contribution is 0.569. The van der Waals surface area contributed by atoms with Crippen molar-refractivity contribution >= 4 is 34.3 Å². The number of hydrogen-bond acceptors (Lipinski definition) is 4. The molecule has 0 saturated carbocycles. The molecule has 0 amide bonds. The third kappa shape index (κ3) is 3.73. The fourth-order valence-corrected chi connectivity index (χ4v) is 3.68. The summed E-state index contributed by atoms with van der Waals surface area (Å²) in [7, 11) is -0.591. The highest BCUT2D eigenvalue weighted by molar-refractivity contribution is 7.97. The lowest BCUT2D eigenvalue weighted by Gasteiger charge is -2.21. The Labute approximate surface area is 107 Å². The van der Waals surface area contributed by atoms with Crippen molar-refractivity contribution in [2.75, 3.05) is 11.5 Å². The third-order valence-electron chi connectivity index (χ3n) is 2.43. The molecular weight excluding hydrogens is 264 g/mol. The average Bonchev–Trinajstić information content (AvgIpc) is 2.30. The fraction of sp³-hybridized carbons (Fsp3) is 0.500.